The van der Waals surface area contributed by atoms with Crippen molar-refractivity contribution in [3.63, 3.8) is 0 Å². The topological polar surface area (TPSA) is 47.1 Å². The van der Waals surface area contributed by atoms with Crippen molar-refractivity contribution in [3.05, 3.63) is 48.2 Å². The molecule has 1 atom stereocenters. The Labute approximate surface area is 154 Å². The Bertz CT molecular complexity index is 732. The van der Waals surface area contributed by atoms with Gasteiger partial charge < -0.3 is 19.1 Å². The fourth-order valence-corrected chi connectivity index (χ4v) is 3.57. The number of piperazine rings is 1. The number of benzene rings is 1. The predicted octanol–water partition coefficient (Wildman–Crippen LogP) is 2.19. The van der Waals surface area contributed by atoms with Gasteiger partial charge >= 0.3 is 0 Å². The number of nitrogens with zero attached hydrogens (tertiary/aromatic N) is 3. The molecule has 0 aliphatic carbocycles. The van der Waals surface area contributed by atoms with Gasteiger partial charge in [0.25, 0.3) is 0 Å². The van der Waals surface area contributed by atoms with Gasteiger partial charge in [0.1, 0.15) is 18.5 Å². The lowest BCUT2D eigenvalue weighted by Crippen LogP contribution is -2.51. The normalized spacial score (nSPS) is 20.2. The summed E-state index contributed by atoms with van der Waals surface area (Å²) in [7, 11) is 1.72. The lowest BCUT2D eigenvalue weighted by atomic mass is 10.2. The van der Waals surface area contributed by atoms with Crippen LogP contribution in [0.25, 0.3) is 0 Å². The third-order valence-electron chi connectivity index (χ3n) is 4.87. The molecule has 4 rings (SSSR count). The average Bonchev–Trinajstić information content (AvgIpc) is 2.69. The Kier molecular flexibility index (Phi) is 5.22. The van der Waals surface area contributed by atoms with E-state index in [1.54, 1.807) is 7.11 Å². The maximum atomic E-state index is 6.09. The van der Waals surface area contributed by atoms with E-state index in [9.17, 15) is 0 Å². The molecule has 0 radical (unpaired) electrons. The summed E-state index contributed by atoms with van der Waals surface area (Å²) in [5.41, 5.74) is 1.14. The predicted molar refractivity (Wildman–Crippen MR) is 100.0 cm³/mol. The maximum absolute atomic E-state index is 6.09. The molecule has 1 aromatic carbocycles. The molecule has 1 fully saturated rings. The molecule has 0 bridgehead atoms. The van der Waals surface area contributed by atoms with E-state index in [0.29, 0.717) is 13.2 Å². The second-order valence-corrected chi connectivity index (χ2v) is 6.70. The van der Waals surface area contributed by atoms with Gasteiger partial charge in [-0.15, -0.1) is 0 Å². The minimum Gasteiger partial charge on any atom is -0.486 e. The molecule has 138 valence electrons. The smallest absolute Gasteiger partial charge is 0.161 e. The van der Waals surface area contributed by atoms with Gasteiger partial charge in [0.05, 0.1) is 6.61 Å². The Morgan fingerprint density at radius 2 is 1.88 bits per heavy atom. The fraction of sp³-hybridized carbons (Fsp3) is 0.450. The van der Waals surface area contributed by atoms with Crippen LogP contribution < -0.4 is 14.4 Å². The lowest BCUT2D eigenvalue weighted by molar-refractivity contribution is 0.0570. The molecule has 2 aliphatic heterocycles. The van der Waals surface area contributed by atoms with Gasteiger partial charge in [-0.05, 0) is 18.2 Å². The van der Waals surface area contributed by atoms with Crippen LogP contribution in [0.5, 0.6) is 11.5 Å². The van der Waals surface area contributed by atoms with E-state index in [1.807, 2.05) is 36.5 Å². The van der Waals surface area contributed by atoms with Gasteiger partial charge in [0.2, 0.25) is 0 Å². The first kappa shape index (κ1) is 17.1. The molecule has 0 N–H and O–H groups in total. The van der Waals surface area contributed by atoms with Crippen molar-refractivity contribution >= 4 is 5.82 Å². The number of ether oxygens (including phenoxy) is 3. The first-order chi connectivity index (χ1) is 12.8. The van der Waals surface area contributed by atoms with Crippen molar-refractivity contribution in [3.8, 4) is 11.5 Å². The summed E-state index contributed by atoms with van der Waals surface area (Å²) in [5, 5.41) is 0. The molecule has 0 unspecified atom stereocenters. The van der Waals surface area contributed by atoms with E-state index in [2.05, 4.69) is 20.9 Å². The van der Waals surface area contributed by atoms with Crippen LogP contribution in [-0.4, -0.2) is 62.4 Å². The lowest BCUT2D eigenvalue weighted by Gasteiger charge is -2.38. The molecular formula is C20H25N3O3. The SMILES string of the molecule is COCc1cccnc1N1CCN(C[C@H]2COc3ccccc3O2)CC1. The van der Waals surface area contributed by atoms with E-state index in [4.69, 9.17) is 14.2 Å². The zero-order valence-electron chi connectivity index (χ0n) is 15.1. The maximum Gasteiger partial charge on any atom is 0.161 e. The molecule has 0 saturated carbocycles. The summed E-state index contributed by atoms with van der Waals surface area (Å²) in [6.45, 7) is 5.98. The van der Waals surface area contributed by atoms with E-state index in [1.165, 1.54) is 0 Å². The zero-order chi connectivity index (χ0) is 17.8. The molecular weight excluding hydrogens is 330 g/mol. The van der Waals surface area contributed by atoms with Gasteiger partial charge in [-0.25, -0.2) is 4.98 Å². The molecule has 6 heteroatoms. The number of hydrogen-bond acceptors (Lipinski definition) is 6. The monoisotopic (exact) mass is 355 g/mol. The Hall–Kier alpha value is -2.31. The molecule has 26 heavy (non-hydrogen) atoms. The number of rotatable bonds is 5. The number of para-hydroxylation sites is 2. The van der Waals surface area contributed by atoms with Crippen molar-refractivity contribution in [1.29, 1.82) is 0 Å². The van der Waals surface area contributed by atoms with Crippen molar-refractivity contribution < 1.29 is 14.2 Å². The molecule has 2 aliphatic rings. The summed E-state index contributed by atoms with van der Waals surface area (Å²) in [5.74, 6) is 2.73. The van der Waals surface area contributed by atoms with Crippen LogP contribution in [0.2, 0.25) is 0 Å². The highest BCUT2D eigenvalue weighted by molar-refractivity contribution is 5.47. The van der Waals surface area contributed by atoms with Crippen molar-refractivity contribution in [2.45, 2.75) is 12.7 Å². The molecule has 0 amide bonds. The number of aromatic nitrogens is 1. The Morgan fingerprint density at radius 3 is 2.69 bits per heavy atom. The zero-order valence-corrected chi connectivity index (χ0v) is 15.1. The number of pyridine rings is 1. The van der Waals surface area contributed by atoms with E-state index in [-0.39, 0.29) is 6.10 Å². The second kappa shape index (κ2) is 7.93. The average molecular weight is 355 g/mol. The third kappa shape index (κ3) is 3.76. The van der Waals surface area contributed by atoms with Gasteiger partial charge in [0.15, 0.2) is 11.5 Å². The number of hydrogen-bond donors (Lipinski definition) is 0. The highest BCUT2D eigenvalue weighted by Crippen LogP contribution is 2.31. The van der Waals surface area contributed by atoms with Crippen molar-refractivity contribution in [2.24, 2.45) is 0 Å². The molecule has 1 saturated heterocycles. The van der Waals surface area contributed by atoms with Gasteiger partial charge in [-0.2, -0.15) is 0 Å². The first-order valence-electron chi connectivity index (χ1n) is 9.12. The molecule has 1 aromatic heterocycles. The van der Waals surface area contributed by atoms with Gasteiger partial charge in [-0.1, -0.05) is 18.2 Å². The Morgan fingerprint density at radius 1 is 1.08 bits per heavy atom. The number of fused-ring (bicyclic) bond motifs is 1. The van der Waals surface area contributed by atoms with E-state index >= 15 is 0 Å². The van der Waals surface area contributed by atoms with Crippen LogP contribution in [0.15, 0.2) is 42.6 Å². The summed E-state index contributed by atoms with van der Waals surface area (Å²) < 4.78 is 17.2. The highest BCUT2D eigenvalue weighted by atomic mass is 16.6. The van der Waals surface area contributed by atoms with Crippen LogP contribution in [0.1, 0.15) is 5.56 Å². The number of anilines is 1. The summed E-state index contributed by atoms with van der Waals surface area (Å²) in [6.07, 6.45) is 1.93. The van der Waals surface area contributed by atoms with Crippen LogP contribution in [0.3, 0.4) is 0 Å². The third-order valence-corrected chi connectivity index (χ3v) is 4.87. The second-order valence-electron chi connectivity index (χ2n) is 6.70. The van der Waals surface area contributed by atoms with Crippen LogP contribution in [0.4, 0.5) is 5.82 Å². The summed E-state index contributed by atoms with van der Waals surface area (Å²) >= 11 is 0. The molecule has 2 aromatic rings. The van der Waals surface area contributed by atoms with Gasteiger partial charge in [0, 0.05) is 51.6 Å². The van der Waals surface area contributed by atoms with Gasteiger partial charge in [-0.3, -0.25) is 4.90 Å². The molecule has 6 nitrogen and oxygen atoms in total. The minimum absolute atomic E-state index is 0.0790. The van der Waals surface area contributed by atoms with Crippen molar-refractivity contribution in [2.75, 3.05) is 51.3 Å². The Balaban J connectivity index is 1.32. The molecule has 3 heterocycles. The first-order valence-corrected chi connectivity index (χ1v) is 9.12. The van der Waals surface area contributed by atoms with E-state index in [0.717, 1.165) is 55.6 Å². The van der Waals surface area contributed by atoms with Crippen LogP contribution >= 0.6 is 0 Å². The fourth-order valence-electron chi connectivity index (χ4n) is 3.57. The van der Waals surface area contributed by atoms with Crippen molar-refractivity contribution in [1.82, 2.24) is 9.88 Å². The summed E-state index contributed by atoms with van der Waals surface area (Å²) in [6, 6.07) is 11.9. The standard InChI is InChI=1S/C20H25N3O3/c1-24-14-16-5-4-8-21-20(16)23-11-9-22(10-12-23)13-17-15-25-18-6-2-3-7-19(18)26-17/h2-8,17H,9-15H2,1H3/t17-/m0/s1. The largest absolute Gasteiger partial charge is 0.486 e. The van der Waals surface area contributed by atoms with Crippen LogP contribution in [0, 0.1) is 0 Å². The summed E-state index contributed by atoms with van der Waals surface area (Å²) in [4.78, 5) is 9.36. The molecule has 0 spiro atoms. The quantitative estimate of drug-likeness (QED) is 0.819. The van der Waals surface area contributed by atoms with Crippen LogP contribution in [-0.2, 0) is 11.3 Å². The number of methoxy groups -OCH3 is 1. The van der Waals surface area contributed by atoms with E-state index < -0.39 is 0 Å². The minimum atomic E-state index is 0.0790. The highest BCUT2D eigenvalue weighted by Gasteiger charge is 2.26.